The van der Waals surface area contributed by atoms with Crippen LogP contribution in [0.1, 0.15) is 0 Å². The molecule has 6 nitrogen and oxygen atoms in total. The molecule has 4 aromatic heterocycles. The highest BCUT2D eigenvalue weighted by Crippen LogP contribution is 2.41. The Morgan fingerprint density at radius 3 is 1.46 bits per heavy atom. The third-order valence-corrected chi connectivity index (χ3v) is 13.5. The molecule has 0 saturated carbocycles. The Morgan fingerprint density at radius 2 is 0.765 bits per heavy atom. The van der Waals surface area contributed by atoms with Gasteiger partial charge in [0.1, 0.15) is 0 Å². The van der Waals surface area contributed by atoms with Crippen LogP contribution in [0.2, 0.25) is 0 Å². The molecule has 0 amide bonds. The van der Waals surface area contributed by atoms with Crippen LogP contribution in [0.4, 0.5) is 0 Å². The average Bonchev–Trinajstić information content (AvgIpc) is 3.92. The maximum absolute atomic E-state index is 5.55. The Hall–Kier alpha value is -9.26. The van der Waals surface area contributed by atoms with E-state index in [1.807, 2.05) is 60.7 Å². The molecule has 0 fully saturated rings. The summed E-state index contributed by atoms with van der Waals surface area (Å²) in [5, 5.41) is 7.24. The number of para-hydroxylation sites is 2. The van der Waals surface area contributed by atoms with Gasteiger partial charge in [-0.2, -0.15) is 0 Å². The lowest BCUT2D eigenvalue weighted by Gasteiger charge is -2.10. The van der Waals surface area contributed by atoms with E-state index in [2.05, 4.69) is 179 Å². The number of hydrogen-bond donors (Lipinski definition) is 0. The van der Waals surface area contributed by atoms with Crippen LogP contribution in [0, 0.1) is 0 Å². The Morgan fingerprint density at radius 1 is 0.265 bits per heavy atom. The van der Waals surface area contributed by atoms with Crippen molar-refractivity contribution in [3.63, 3.8) is 0 Å². The molecule has 316 valence electrons. The zero-order chi connectivity index (χ0) is 44.7. The number of rotatable bonds is 6. The Balaban J connectivity index is 0.932. The summed E-state index contributed by atoms with van der Waals surface area (Å²) in [4.78, 5) is 20.5. The quantitative estimate of drug-likeness (QED) is 0.167. The molecule has 68 heavy (non-hydrogen) atoms. The number of fused-ring (bicyclic) bond motifs is 11. The van der Waals surface area contributed by atoms with Crippen LogP contribution >= 0.6 is 0 Å². The first-order valence-electron chi connectivity index (χ1n) is 23.0. The van der Waals surface area contributed by atoms with E-state index in [1.165, 1.54) is 49.2 Å². The molecule has 10 aromatic carbocycles. The van der Waals surface area contributed by atoms with E-state index in [4.69, 9.17) is 19.9 Å². The predicted molar refractivity (Wildman–Crippen MR) is 280 cm³/mol. The van der Waals surface area contributed by atoms with Gasteiger partial charge in [0, 0.05) is 38.2 Å². The van der Waals surface area contributed by atoms with Crippen LogP contribution in [-0.2, 0) is 0 Å². The lowest BCUT2D eigenvalue weighted by molar-refractivity contribution is 1.07. The van der Waals surface area contributed by atoms with E-state index in [1.54, 1.807) is 0 Å². The van der Waals surface area contributed by atoms with Gasteiger partial charge in [0.25, 0.3) is 0 Å². The van der Waals surface area contributed by atoms with E-state index in [0.717, 1.165) is 66.6 Å². The van der Waals surface area contributed by atoms with E-state index < -0.39 is 0 Å². The van der Waals surface area contributed by atoms with Crippen LogP contribution in [0.15, 0.2) is 231 Å². The first-order chi connectivity index (χ1) is 33.7. The van der Waals surface area contributed by atoms with Crippen molar-refractivity contribution in [1.82, 2.24) is 28.7 Å². The predicted octanol–water partition coefficient (Wildman–Crippen LogP) is 15.5. The van der Waals surface area contributed by atoms with Crippen molar-refractivity contribution in [3.8, 4) is 67.5 Å². The molecule has 0 aliphatic carbocycles. The monoisotopic (exact) mass is 866 g/mol. The lowest BCUT2D eigenvalue weighted by Crippen LogP contribution is -2.00. The SMILES string of the molecule is c1ccc(-c2nc(-c3ccccc3)nc(-c3cccc(-c4ccc5c(c4)nc4n5c5ccccc5c5cc(-c6ccc(-c7cccc8ccccc78)cc6)cc6c7ccccc7n4c56)c3)n2)cc1. The second-order valence-corrected chi connectivity index (χ2v) is 17.5. The van der Waals surface area contributed by atoms with Gasteiger partial charge in [-0.25, -0.2) is 19.9 Å². The van der Waals surface area contributed by atoms with Crippen LogP contribution in [-0.4, -0.2) is 28.7 Å². The normalized spacial score (nSPS) is 11.8. The second-order valence-electron chi connectivity index (χ2n) is 17.5. The molecule has 6 heteroatoms. The van der Waals surface area contributed by atoms with E-state index in [-0.39, 0.29) is 0 Å². The number of imidazole rings is 1. The zero-order valence-corrected chi connectivity index (χ0v) is 36.6. The summed E-state index contributed by atoms with van der Waals surface area (Å²) in [5.74, 6) is 2.76. The summed E-state index contributed by atoms with van der Waals surface area (Å²) < 4.78 is 4.72. The number of aromatic nitrogens is 6. The van der Waals surface area contributed by atoms with Gasteiger partial charge >= 0.3 is 0 Å². The highest BCUT2D eigenvalue weighted by molar-refractivity contribution is 6.21. The van der Waals surface area contributed by atoms with Crippen LogP contribution in [0.5, 0.6) is 0 Å². The Kier molecular flexibility index (Phi) is 8.48. The fourth-order valence-electron chi connectivity index (χ4n) is 10.3. The second kappa shape index (κ2) is 15.2. The molecule has 0 spiro atoms. The molecule has 14 rings (SSSR count). The lowest BCUT2D eigenvalue weighted by atomic mass is 9.95. The minimum absolute atomic E-state index is 0.620. The van der Waals surface area contributed by atoms with Crippen LogP contribution < -0.4 is 0 Å². The minimum atomic E-state index is 0.620. The molecule has 0 saturated heterocycles. The van der Waals surface area contributed by atoms with Gasteiger partial charge in [0.2, 0.25) is 5.78 Å². The van der Waals surface area contributed by atoms with Crippen LogP contribution in [0.25, 0.3) is 133 Å². The fraction of sp³-hybridized carbons (Fsp3) is 0. The van der Waals surface area contributed by atoms with Crippen molar-refractivity contribution in [2.24, 2.45) is 0 Å². The third kappa shape index (κ3) is 6.05. The number of hydrogen-bond acceptors (Lipinski definition) is 4. The third-order valence-electron chi connectivity index (χ3n) is 13.5. The smallest absolute Gasteiger partial charge is 0.220 e. The van der Waals surface area contributed by atoms with Crippen molar-refractivity contribution in [2.75, 3.05) is 0 Å². The molecule has 0 N–H and O–H groups in total. The van der Waals surface area contributed by atoms with Gasteiger partial charge in [0.15, 0.2) is 17.5 Å². The first-order valence-corrected chi connectivity index (χ1v) is 23.0. The molecule has 0 bridgehead atoms. The zero-order valence-electron chi connectivity index (χ0n) is 36.6. The van der Waals surface area contributed by atoms with Gasteiger partial charge in [-0.1, -0.05) is 188 Å². The summed E-state index contributed by atoms with van der Waals surface area (Å²) in [6, 6.07) is 81.8. The molecule has 0 unspecified atom stereocenters. The first kappa shape index (κ1) is 38.1. The maximum atomic E-state index is 5.55. The maximum Gasteiger partial charge on any atom is 0.220 e. The summed E-state index contributed by atoms with van der Waals surface area (Å²) >= 11 is 0. The topological polar surface area (TPSA) is 60.4 Å². The van der Waals surface area contributed by atoms with Gasteiger partial charge in [-0.3, -0.25) is 8.80 Å². The highest BCUT2D eigenvalue weighted by atomic mass is 15.1. The fourth-order valence-corrected chi connectivity index (χ4v) is 10.3. The van der Waals surface area contributed by atoms with Crippen molar-refractivity contribution < 1.29 is 0 Å². The largest absolute Gasteiger partial charge is 0.278 e. The molecular weight excluding hydrogens is 829 g/mol. The Bertz CT molecular complexity index is 4240. The van der Waals surface area contributed by atoms with Crippen molar-refractivity contribution in [3.05, 3.63) is 231 Å². The van der Waals surface area contributed by atoms with Gasteiger partial charge in [-0.15, -0.1) is 0 Å². The van der Waals surface area contributed by atoms with Crippen molar-refractivity contribution in [2.45, 2.75) is 0 Å². The van der Waals surface area contributed by atoms with Crippen LogP contribution in [0.3, 0.4) is 0 Å². The molecule has 0 aliphatic rings. The molecule has 0 radical (unpaired) electrons. The standard InChI is InChI=1S/C62H38N6/c1-3-16-42(17-4-1)59-64-60(43-18-5-2-6-19-43)66-61(65-59)46-22-13-21-44(35-46)45-33-34-57-54(38-45)63-62-67(57)55-27-11-9-24-50(55)52-36-47(37-53-51-25-10-12-28-56(51)68(62)58(52)53)39-29-31-41(32-30-39)49-26-14-20-40-15-7-8-23-48(40)49/h1-38H. The van der Waals surface area contributed by atoms with Crippen molar-refractivity contribution >= 4 is 65.7 Å². The minimum Gasteiger partial charge on any atom is -0.278 e. The molecular formula is C62H38N6. The molecule has 0 atom stereocenters. The van der Waals surface area contributed by atoms with E-state index in [0.29, 0.717) is 17.5 Å². The van der Waals surface area contributed by atoms with Gasteiger partial charge < -0.3 is 0 Å². The van der Waals surface area contributed by atoms with Gasteiger partial charge in [0.05, 0.1) is 27.6 Å². The highest BCUT2D eigenvalue weighted by Gasteiger charge is 2.21. The summed E-state index contributed by atoms with van der Waals surface area (Å²) in [5.41, 5.74) is 15.0. The average molecular weight is 867 g/mol. The summed E-state index contributed by atoms with van der Waals surface area (Å²) in [6.45, 7) is 0. The van der Waals surface area contributed by atoms with E-state index >= 15 is 0 Å². The van der Waals surface area contributed by atoms with E-state index in [9.17, 15) is 0 Å². The molecule has 14 aromatic rings. The van der Waals surface area contributed by atoms with Gasteiger partial charge in [-0.05, 0) is 86.6 Å². The number of benzene rings is 10. The molecule has 4 heterocycles. The Labute approximate surface area is 390 Å². The van der Waals surface area contributed by atoms with Crippen molar-refractivity contribution in [1.29, 1.82) is 0 Å². The molecule has 0 aliphatic heterocycles. The number of nitrogens with zero attached hydrogens (tertiary/aromatic N) is 6. The summed E-state index contributed by atoms with van der Waals surface area (Å²) in [7, 11) is 0. The summed E-state index contributed by atoms with van der Waals surface area (Å²) in [6.07, 6.45) is 0.